The third-order valence-electron chi connectivity index (χ3n) is 2.26. The minimum absolute atomic E-state index is 0.326. The highest BCUT2D eigenvalue weighted by Crippen LogP contribution is 2.32. The molecule has 0 aliphatic rings. The number of carbonyl (C=O) groups is 1. The molecular formula is C12H13Br2ClO3. The van der Waals surface area contributed by atoms with Crippen molar-refractivity contribution in [1.29, 1.82) is 0 Å². The van der Waals surface area contributed by atoms with Gasteiger partial charge >= 0.3 is 5.97 Å². The summed E-state index contributed by atoms with van der Waals surface area (Å²) in [7, 11) is 1.58. The molecule has 0 fully saturated rings. The van der Waals surface area contributed by atoms with Gasteiger partial charge in [0.1, 0.15) is 11.1 Å². The first-order valence-electron chi connectivity index (χ1n) is 5.32. The average Bonchev–Trinajstić information content (AvgIpc) is 2.32. The Labute approximate surface area is 128 Å². The van der Waals surface area contributed by atoms with Crippen LogP contribution >= 0.6 is 43.5 Å². The highest BCUT2D eigenvalue weighted by Gasteiger charge is 2.19. The standard InChI is InChI=1S/C12H13Br2ClO3/c1-3-18-12(16)10(15)4-7-5-11(17-2)9(14)6-8(7)13/h5-6,10H,3-4H2,1-2H3. The second-order valence-corrected chi connectivity index (χ2v) is 5.74. The van der Waals surface area contributed by atoms with Gasteiger partial charge in [0.15, 0.2) is 0 Å². The lowest BCUT2D eigenvalue weighted by Crippen LogP contribution is -2.20. The van der Waals surface area contributed by atoms with Crippen LogP contribution in [0.15, 0.2) is 21.1 Å². The topological polar surface area (TPSA) is 35.5 Å². The first kappa shape index (κ1) is 15.8. The van der Waals surface area contributed by atoms with Gasteiger partial charge in [-0.15, -0.1) is 11.6 Å². The van der Waals surface area contributed by atoms with Crippen LogP contribution in [0.25, 0.3) is 0 Å². The number of benzene rings is 1. The third kappa shape index (κ3) is 4.14. The minimum Gasteiger partial charge on any atom is -0.496 e. The molecule has 0 radical (unpaired) electrons. The van der Waals surface area contributed by atoms with Crippen molar-refractivity contribution < 1.29 is 14.3 Å². The third-order valence-corrected chi connectivity index (χ3v) is 3.95. The average molecular weight is 400 g/mol. The Hall–Kier alpha value is -0.260. The number of ether oxygens (including phenoxy) is 2. The maximum Gasteiger partial charge on any atom is 0.324 e. The number of alkyl halides is 1. The number of halogens is 3. The molecule has 1 rings (SSSR count). The number of esters is 1. The van der Waals surface area contributed by atoms with E-state index in [1.165, 1.54) is 0 Å². The van der Waals surface area contributed by atoms with Gasteiger partial charge < -0.3 is 9.47 Å². The Morgan fingerprint density at radius 1 is 1.39 bits per heavy atom. The molecule has 18 heavy (non-hydrogen) atoms. The minimum atomic E-state index is -0.702. The largest absolute Gasteiger partial charge is 0.496 e. The van der Waals surface area contributed by atoms with Gasteiger partial charge in [0.25, 0.3) is 0 Å². The summed E-state index contributed by atoms with van der Waals surface area (Å²) in [4.78, 5) is 11.5. The molecule has 0 saturated carbocycles. The van der Waals surface area contributed by atoms with Gasteiger partial charge in [0, 0.05) is 10.9 Å². The van der Waals surface area contributed by atoms with Crippen LogP contribution in [0.5, 0.6) is 5.75 Å². The highest BCUT2D eigenvalue weighted by atomic mass is 79.9. The molecule has 0 amide bonds. The molecule has 1 atom stereocenters. The summed E-state index contributed by atoms with van der Waals surface area (Å²) in [6, 6.07) is 3.70. The van der Waals surface area contributed by atoms with E-state index in [2.05, 4.69) is 31.9 Å². The van der Waals surface area contributed by atoms with Gasteiger partial charge in [0.05, 0.1) is 18.2 Å². The van der Waals surface area contributed by atoms with Crippen molar-refractivity contribution in [3.05, 3.63) is 26.6 Å². The van der Waals surface area contributed by atoms with Crippen LogP contribution in [0.4, 0.5) is 0 Å². The number of methoxy groups -OCH3 is 1. The molecule has 0 heterocycles. The molecule has 0 bridgehead atoms. The van der Waals surface area contributed by atoms with Crippen LogP contribution in [0.1, 0.15) is 12.5 Å². The fourth-order valence-electron chi connectivity index (χ4n) is 1.39. The van der Waals surface area contributed by atoms with Gasteiger partial charge in [-0.2, -0.15) is 0 Å². The van der Waals surface area contributed by atoms with Gasteiger partial charge in [-0.25, -0.2) is 0 Å². The second-order valence-electron chi connectivity index (χ2n) is 3.50. The predicted molar refractivity (Wildman–Crippen MR) is 78.4 cm³/mol. The molecule has 0 aromatic heterocycles. The lowest BCUT2D eigenvalue weighted by molar-refractivity contribution is -0.142. The van der Waals surface area contributed by atoms with E-state index in [0.717, 1.165) is 14.5 Å². The maximum absolute atomic E-state index is 11.5. The summed E-state index contributed by atoms with van der Waals surface area (Å²) in [5, 5.41) is -0.702. The fourth-order valence-corrected chi connectivity index (χ4v) is 2.94. The van der Waals surface area contributed by atoms with Crippen LogP contribution in [-0.4, -0.2) is 25.1 Å². The zero-order chi connectivity index (χ0) is 13.7. The van der Waals surface area contributed by atoms with Crippen LogP contribution in [0.3, 0.4) is 0 Å². The molecule has 0 spiro atoms. The van der Waals surface area contributed by atoms with Crippen molar-refractivity contribution >= 4 is 49.4 Å². The van der Waals surface area contributed by atoms with E-state index in [9.17, 15) is 4.79 Å². The molecule has 1 aromatic carbocycles. The Morgan fingerprint density at radius 2 is 2.06 bits per heavy atom. The lowest BCUT2D eigenvalue weighted by atomic mass is 10.1. The quantitative estimate of drug-likeness (QED) is 0.555. The van der Waals surface area contributed by atoms with Crippen molar-refractivity contribution in [3.8, 4) is 5.75 Å². The van der Waals surface area contributed by atoms with Crippen LogP contribution in [-0.2, 0) is 16.0 Å². The summed E-state index contributed by atoms with van der Waals surface area (Å²) in [6.07, 6.45) is 0.380. The Balaban J connectivity index is 2.87. The van der Waals surface area contributed by atoms with Crippen molar-refractivity contribution in [2.45, 2.75) is 18.7 Å². The molecular weight excluding hydrogens is 387 g/mol. The number of rotatable bonds is 5. The van der Waals surface area contributed by atoms with E-state index >= 15 is 0 Å². The van der Waals surface area contributed by atoms with E-state index in [1.807, 2.05) is 12.1 Å². The van der Waals surface area contributed by atoms with E-state index < -0.39 is 11.3 Å². The number of hydrogen-bond acceptors (Lipinski definition) is 3. The number of carbonyl (C=O) groups excluding carboxylic acids is 1. The maximum atomic E-state index is 11.5. The van der Waals surface area contributed by atoms with Crippen molar-refractivity contribution in [1.82, 2.24) is 0 Å². The van der Waals surface area contributed by atoms with Crippen molar-refractivity contribution in [2.24, 2.45) is 0 Å². The smallest absolute Gasteiger partial charge is 0.324 e. The summed E-state index contributed by atoms with van der Waals surface area (Å²) in [5.74, 6) is 0.286. The lowest BCUT2D eigenvalue weighted by Gasteiger charge is -2.12. The van der Waals surface area contributed by atoms with Crippen LogP contribution in [0.2, 0.25) is 0 Å². The molecule has 0 aliphatic carbocycles. The molecule has 0 aliphatic heterocycles. The number of hydrogen-bond donors (Lipinski definition) is 0. The Kier molecular flexibility index (Phi) is 6.46. The normalized spacial score (nSPS) is 12.1. The van der Waals surface area contributed by atoms with Crippen molar-refractivity contribution in [3.63, 3.8) is 0 Å². The zero-order valence-corrected chi connectivity index (χ0v) is 13.9. The van der Waals surface area contributed by atoms with Crippen LogP contribution < -0.4 is 4.74 Å². The summed E-state index contributed by atoms with van der Waals surface area (Å²) < 4.78 is 11.8. The SMILES string of the molecule is CCOC(=O)C(Cl)Cc1cc(OC)c(Br)cc1Br. The summed E-state index contributed by atoms with van der Waals surface area (Å²) in [6.45, 7) is 2.08. The molecule has 3 nitrogen and oxygen atoms in total. The van der Waals surface area contributed by atoms with Gasteiger partial charge in [0.2, 0.25) is 0 Å². The van der Waals surface area contributed by atoms with Gasteiger partial charge in [-0.05, 0) is 40.5 Å². The predicted octanol–water partition coefficient (Wildman–Crippen LogP) is 3.93. The summed E-state index contributed by atoms with van der Waals surface area (Å²) >= 11 is 12.8. The second kappa shape index (κ2) is 7.36. The first-order chi connectivity index (χ1) is 8.49. The fraction of sp³-hybridized carbons (Fsp3) is 0.417. The zero-order valence-electron chi connectivity index (χ0n) is 10.0. The van der Waals surface area contributed by atoms with Crippen molar-refractivity contribution in [2.75, 3.05) is 13.7 Å². The molecule has 1 unspecified atom stereocenters. The summed E-state index contributed by atoms with van der Waals surface area (Å²) in [5.41, 5.74) is 0.892. The molecule has 1 aromatic rings. The van der Waals surface area contributed by atoms with Gasteiger partial charge in [-0.1, -0.05) is 15.9 Å². The molecule has 0 saturated heterocycles. The monoisotopic (exact) mass is 398 g/mol. The van der Waals surface area contributed by atoms with E-state index in [-0.39, 0.29) is 0 Å². The van der Waals surface area contributed by atoms with E-state index in [0.29, 0.717) is 18.8 Å². The Bertz CT molecular complexity index is 438. The molecule has 6 heteroatoms. The van der Waals surface area contributed by atoms with E-state index in [4.69, 9.17) is 21.1 Å². The van der Waals surface area contributed by atoms with Crippen LogP contribution in [0, 0.1) is 0 Å². The first-order valence-corrected chi connectivity index (χ1v) is 7.34. The highest BCUT2D eigenvalue weighted by molar-refractivity contribution is 9.11. The molecule has 100 valence electrons. The van der Waals surface area contributed by atoms with Gasteiger partial charge in [-0.3, -0.25) is 4.79 Å². The van der Waals surface area contributed by atoms with E-state index in [1.54, 1.807) is 14.0 Å². The molecule has 0 N–H and O–H groups in total. The Morgan fingerprint density at radius 3 is 2.61 bits per heavy atom.